The Balaban J connectivity index is 1.62. The highest BCUT2D eigenvalue weighted by molar-refractivity contribution is 5.96. The Hall–Kier alpha value is -3.72. The topological polar surface area (TPSA) is 121 Å². The lowest BCUT2D eigenvalue weighted by atomic mass is 9.93. The van der Waals surface area contributed by atoms with Crippen LogP contribution in [0.5, 0.6) is 5.75 Å². The molecule has 2 aromatic rings. The van der Waals surface area contributed by atoms with E-state index in [1.165, 1.54) is 0 Å². The summed E-state index contributed by atoms with van der Waals surface area (Å²) < 4.78 is 6.03. The van der Waals surface area contributed by atoms with Gasteiger partial charge in [-0.15, -0.1) is 0 Å². The third-order valence-corrected chi connectivity index (χ3v) is 7.42. The number of nitrogens with zero attached hydrogens (tertiary/aromatic N) is 1. The van der Waals surface area contributed by atoms with Gasteiger partial charge in [0, 0.05) is 37.5 Å². The number of para-hydroxylation sites is 1. The molecular weight excluding hydrogens is 506 g/mol. The van der Waals surface area contributed by atoms with Gasteiger partial charge in [-0.25, -0.2) is 0 Å². The zero-order chi connectivity index (χ0) is 28.4. The summed E-state index contributed by atoms with van der Waals surface area (Å²) >= 11 is 0. The second-order valence-corrected chi connectivity index (χ2v) is 11.0. The van der Waals surface area contributed by atoms with Gasteiger partial charge in [0.05, 0.1) is 6.04 Å². The number of ether oxygens (including phenoxy) is 1. The lowest BCUT2D eigenvalue weighted by Gasteiger charge is -2.33. The standard InChI is InChI=1S/C31H41N5O4/c1-22(2)19-25-29(38)36-31(13-5-6-14-31)30(39)35-26(20-23-9-7-15-32-21-23)28(37)34-16-8-11-24-10-3-4-12-27(24)40-18-17-33-25/h3-4,7-12,15,21-22,25-26,33H,5-6,13-14,16-20H2,1-2H3,(H,34,37)(H,35,39)(H,36,38)/b11-8-/t25-,26-/m0/s1. The fraction of sp³-hybridized carbons (Fsp3) is 0.484. The number of hydrogen-bond donors (Lipinski definition) is 4. The van der Waals surface area contributed by atoms with Crippen LogP contribution in [0.25, 0.3) is 6.08 Å². The molecule has 40 heavy (non-hydrogen) atoms. The van der Waals surface area contributed by atoms with Crippen molar-refractivity contribution in [1.82, 2.24) is 26.3 Å². The number of rotatable bonds is 4. The van der Waals surface area contributed by atoms with Crippen molar-refractivity contribution in [1.29, 1.82) is 0 Å². The van der Waals surface area contributed by atoms with Crippen LogP contribution < -0.4 is 26.0 Å². The maximum atomic E-state index is 13.8. The lowest BCUT2D eigenvalue weighted by Crippen LogP contribution is -2.63. The van der Waals surface area contributed by atoms with Crippen molar-refractivity contribution < 1.29 is 19.1 Å². The van der Waals surface area contributed by atoms with E-state index in [9.17, 15) is 14.4 Å². The van der Waals surface area contributed by atoms with Crippen LogP contribution >= 0.6 is 0 Å². The molecule has 1 aliphatic carbocycles. The quantitative estimate of drug-likeness (QED) is 0.467. The van der Waals surface area contributed by atoms with Crippen LogP contribution in [-0.2, 0) is 20.8 Å². The van der Waals surface area contributed by atoms with Gasteiger partial charge < -0.3 is 26.0 Å². The Morgan fingerprint density at radius 3 is 2.58 bits per heavy atom. The van der Waals surface area contributed by atoms with Gasteiger partial charge in [-0.05, 0) is 42.9 Å². The first-order valence-corrected chi connectivity index (χ1v) is 14.3. The SMILES string of the molecule is CC(C)C[C@@H]1NCCOc2ccccc2/C=C\CNC(=O)[C@H](Cc2cccnc2)NC(=O)C2(CCCC2)NC1=O. The summed E-state index contributed by atoms with van der Waals surface area (Å²) in [6.07, 6.45) is 10.8. The van der Waals surface area contributed by atoms with Gasteiger partial charge in [0.2, 0.25) is 17.7 Å². The summed E-state index contributed by atoms with van der Waals surface area (Å²) in [6.45, 7) is 5.28. The Bertz CT molecular complexity index is 1180. The van der Waals surface area contributed by atoms with Crippen LogP contribution in [0, 0.1) is 5.92 Å². The normalized spacial score (nSPS) is 23.2. The maximum absolute atomic E-state index is 13.8. The fourth-order valence-electron chi connectivity index (χ4n) is 5.34. The number of hydrogen-bond acceptors (Lipinski definition) is 6. The molecule has 9 nitrogen and oxygen atoms in total. The molecule has 4 rings (SSSR count). The van der Waals surface area contributed by atoms with Crippen LogP contribution in [0.15, 0.2) is 54.9 Å². The third kappa shape index (κ3) is 7.91. The third-order valence-electron chi connectivity index (χ3n) is 7.42. The molecule has 2 heterocycles. The van der Waals surface area contributed by atoms with Gasteiger partial charge in [0.1, 0.15) is 23.9 Å². The number of carbonyl (C=O) groups excluding carboxylic acids is 3. The number of aromatic nitrogens is 1. The Morgan fingerprint density at radius 2 is 1.82 bits per heavy atom. The van der Waals surface area contributed by atoms with Crippen molar-refractivity contribution in [3.8, 4) is 5.75 Å². The molecule has 1 spiro atoms. The lowest BCUT2D eigenvalue weighted by molar-refractivity contribution is -0.136. The Morgan fingerprint density at radius 1 is 1.02 bits per heavy atom. The first kappa shape index (κ1) is 29.3. The number of benzene rings is 1. The predicted molar refractivity (Wildman–Crippen MR) is 154 cm³/mol. The largest absolute Gasteiger partial charge is 0.492 e. The Labute approximate surface area is 236 Å². The van der Waals surface area contributed by atoms with E-state index in [4.69, 9.17) is 4.74 Å². The molecule has 0 unspecified atom stereocenters. The number of carbonyl (C=O) groups is 3. The predicted octanol–water partition coefficient (Wildman–Crippen LogP) is 2.76. The number of fused-ring (bicyclic) bond motifs is 1. The molecule has 1 aromatic carbocycles. The second kappa shape index (κ2) is 14.1. The maximum Gasteiger partial charge on any atom is 0.246 e. The minimum Gasteiger partial charge on any atom is -0.492 e. The van der Waals surface area contributed by atoms with Gasteiger partial charge in [-0.3, -0.25) is 19.4 Å². The van der Waals surface area contributed by atoms with E-state index < -0.39 is 17.6 Å². The average Bonchev–Trinajstić information content (AvgIpc) is 3.42. The minimum atomic E-state index is -1.05. The molecule has 0 saturated heterocycles. The van der Waals surface area contributed by atoms with E-state index in [1.807, 2.05) is 42.5 Å². The second-order valence-electron chi connectivity index (χ2n) is 11.0. The van der Waals surface area contributed by atoms with Crippen molar-refractivity contribution in [3.05, 3.63) is 66.0 Å². The van der Waals surface area contributed by atoms with Crippen molar-refractivity contribution in [2.45, 2.75) is 70.0 Å². The van der Waals surface area contributed by atoms with Crippen LogP contribution in [-0.4, -0.2) is 60.0 Å². The zero-order valence-electron chi connectivity index (χ0n) is 23.4. The first-order chi connectivity index (χ1) is 19.4. The molecule has 1 aromatic heterocycles. The highest BCUT2D eigenvalue weighted by Gasteiger charge is 2.44. The molecule has 4 N–H and O–H groups in total. The smallest absolute Gasteiger partial charge is 0.246 e. The Kier molecular flexibility index (Phi) is 10.3. The van der Waals surface area contributed by atoms with Gasteiger partial charge in [0.15, 0.2) is 0 Å². The van der Waals surface area contributed by atoms with Crippen LogP contribution in [0.4, 0.5) is 0 Å². The van der Waals surface area contributed by atoms with Crippen molar-refractivity contribution >= 4 is 23.8 Å². The monoisotopic (exact) mass is 547 g/mol. The summed E-state index contributed by atoms with van der Waals surface area (Å²) in [4.78, 5) is 44.9. The zero-order valence-corrected chi connectivity index (χ0v) is 23.4. The van der Waals surface area contributed by atoms with Gasteiger partial charge in [0.25, 0.3) is 0 Å². The minimum absolute atomic E-state index is 0.205. The molecule has 2 aliphatic rings. The molecular formula is C31H41N5O4. The summed E-state index contributed by atoms with van der Waals surface area (Å²) in [5.41, 5.74) is 0.664. The number of amides is 3. The molecule has 214 valence electrons. The van der Waals surface area contributed by atoms with Crippen LogP contribution in [0.1, 0.15) is 57.1 Å². The van der Waals surface area contributed by atoms with E-state index >= 15 is 0 Å². The molecule has 2 atom stereocenters. The van der Waals surface area contributed by atoms with Gasteiger partial charge >= 0.3 is 0 Å². The van der Waals surface area contributed by atoms with Crippen molar-refractivity contribution in [3.63, 3.8) is 0 Å². The van der Waals surface area contributed by atoms with E-state index in [-0.39, 0.29) is 36.6 Å². The van der Waals surface area contributed by atoms with E-state index in [1.54, 1.807) is 18.5 Å². The molecule has 1 aliphatic heterocycles. The molecule has 0 bridgehead atoms. The molecule has 3 amide bonds. The van der Waals surface area contributed by atoms with Gasteiger partial charge in [-0.1, -0.05) is 63.1 Å². The number of nitrogens with one attached hydrogen (secondary N) is 4. The molecule has 9 heteroatoms. The fourth-order valence-corrected chi connectivity index (χ4v) is 5.34. The van der Waals surface area contributed by atoms with E-state index in [2.05, 4.69) is 40.1 Å². The highest BCUT2D eigenvalue weighted by Crippen LogP contribution is 2.30. The summed E-state index contributed by atoms with van der Waals surface area (Å²) in [5, 5.41) is 12.4. The molecule has 0 radical (unpaired) electrons. The summed E-state index contributed by atoms with van der Waals surface area (Å²) in [5.74, 6) is 0.174. The molecule has 1 saturated carbocycles. The average molecular weight is 548 g/mol. The summed E-state index contributed by atoms with van der Waals surface area (Å²) in [6, 6.07) is 10.1. The van der Waals surface area contributed by atoms with Gasteiger partial charge in [-0.2, -0.15) is 0 Å². The first-order valence-electron chi connectivity index (χ1n) is 14.3. The highest BCUT2D eigenvalue weighted by atomic mass is 16.5. The number of pyridine rings is 1. The molecule has 1 fully saturated rings. The van der Waals surface area contributed by atoms with Crippen molar-refractivity contribution in [2.24, 2.45) is 5.92 Å². The van der Waals surface area contributed by atoms with Crippen LogP contribution in [0.3, 0.4) is 0 Å². The van der Waals surface area contributed by atoms with E-state index in [0.29, 0.717) is 32.4 Å². The van der Waals surface area contributed by atoms with Crippen LogP contribution in [0.2, 0.25) is 0 Å². The van der Waals surface area contributed by atoms with E-state index in [0.717, 1.165) is 29.7 Å². The van der Waals surface area contributed by atoms with Crippen molar-refractivity contribution in [2.75, 3.05) is 19.7 Å². The summed E-state index contributed by atoms with van der Waals surface area (Å²) in [7, 11) is 0.